The molecule has 0 fully saturated rings. The zero-order chi connectivity index (χ0) is 16.6. The van der Waals surface area contributed by atoms with E-state index < -0.39 is 5.54 Å². The van der Waals surface area contributed by atoms with E-state index in [0.717, 1.165) is 0 Å². The number of imide groups is 1. The minimum Gasteiger partial charge on any atom is -0.299 e. The molecule has 1 aliphatic rings. The van der Waals surface area contributed by atoms with E-state index in [4.69, 9.17) is 0 Å². The number of amides is 2. The van der Waals surface area contributed by atoms with E-state index in [1.165, 1.54) is 17.1 Å². The van der Waals surface area contributed by atoms with Crippen LogP contribution in [0.5, 0.6) is 0 Å². The maximum atomic E-state index is 12.3. The van der Waals surface area contributed by atoms with Gasteiger partial charge in [0, 0.05) is 29.5 Å². The third kappa shape index (κ3) is 4.26. The number of Topliss-reactive ketones (excluding diaryl/α,β-unsaturated/α-hetero) is 1. The molecule has 0 aliphatic carbocycles. The van der Waals surface area contributed by atoms with Gasteiger partial charge in [-0.2, -0.15) is 0 Å². The lowest BCUT2D eigenvalue weighted by Gasteiger charge is -2.40. The van der Waals surface area contributed by atoms with Crippen LogP contribution >= 0.6 is 0 Å². The number of ketones is 1. The van der Waals surface area contributed by atoms with Crippen LogP contribution in [-0.2, 0) is 14.4 Å². The molecular formula is C17H27NO3. The van der Waals surface area contributed by atoms with Crippen molar-refractivity contribution in [3.05, 3.63) is 12.2 Å². The van der Waals surface area contributed by atoms with Crippen LogP contribution < -0.4 is 0 Å². The van der Waals surface area contributed by atoms with Gasteiger partial charge in [-0.3, -0.25) is 19.3 Å². The summed E-state index contributed by atoms with van der Waals surface area (Å²) in [4.78, 5) is 37.2. The van der Waals surface area contributed by atoms with Crippen LogP contribution in [0.15, 0.2) is 12.2 Å². The van der Waals surface area contributed by atoms with Gasteiger partial charge in [0.05, 0.1) is 0 Å². The highest BCUT2D eigenvalue weighted by Crippen LogP contribution is 2.37. The molecule has 0 unspecified atom stereocenters. The lowest BCUT2D eigenvalue weighted by molar-refractivity contribution is -0.144. The van der Waals surface area contributed by atoms with E-state index in [-0.39, 0.29) is 28.4 Å². The summed E-state index contributed by atoms with van der Waals surface area (Å²) in [6.07, 6.45) is 3.62. The van der Waals surface area contributed by atoms with Crippen LogP contribution in [0, 0.1) is 10.8 Å². The third-order valence-corrected chi connectivity index (χ3v) is 3.80. The zero-order valence-electron chi connectivity index (χ0n) is 14.2. The van der Waals surface area contributed by atoms with E-state index in [1.54, 1.807) is 0 Å². The number of hydrogen-bond donors (Lipinski definition) is 0. The van der Waals surface area contributed by atoms with Gasteiger partial charge in [-0.25, -0.2) is 0 Å². The molecule has 2 amide bonds. The fraction of sp³-hybridized carbons (Fsp3) is 0.706. The molecule has 0 saturated heterocycles. The van der Waals surface area contributed by atoms with Crippen LogP contribution in [0.25, 0.3) is 0 Å². The molecule has 0 aromatic rings. The molecule has 21 heavy (non-hydrogen) atoms. The van der Waals surface area contributed by atoms with Gasteiger partial charge in [0.2, 0.25) is 0 Å². The minimum absolute atomic E-state index is 0.195. The number of carbonyl (C=O) groups is 3. The second kappa shape index (κ2) is 5.39. The molecule has 0 N–H and O–H groups in total. The summed E-state index contributed by atoms with van der Waals surface area (Å²) >= 11 is 0. The van der Waals surface area contributed by atoms with E-state index in [1.807, 2.05) is 48.5 Å². The van der Waals surface area contributed by atoms with Gasteiger partial charge >= 0.3 is 0 Å². The van der Waals surface area contributed by atoms with Crippen LogP contribution in [0.1, 0.15) is 61.3 Å². The highest BCUT2D eigenvalue weighted by atomic mass is 16.2. The normalized spacial score (nSPS) is 16.8. The molecular weight excluding hydrogens is 266 g/mol. The lowest BCUT2D eigenvalue weighted by atomic mass is 9.72. The van der Waals surface area contributed by atoms with Crippen molar-refractivity contribution in [2.24, 2.45) is 10.8 Å². The van der Waals surface area contributed by atoms with Gasteiger partial charge in [-0.15, -0.1) is 0 Å². The summed E-state index contributed by atoms with van der Waals surface area (Å²) in [7, 11) is 0. The fourth-order valence-electron chi connectivity index (χ4n) is 3.01. The van der Waals surface area contributed by atoms with Crippen molar-refractivity contribution in [1.29, 1.82) is 0 Å². The van der Waals surface area contributed by atoms with E-state index >= 15 is 0 Å². The minimum atomic E-state index is -0.612. The molecule has 0 atom stereocenters. The molecule has 0 saturated carbocycles. The first-order valence-corrected chi connectivity index (χ1v) is 7.36. The highest BCUT2D eigenvalue weighted by molar-refractivity contribution is 6.13. The van der Waals surface area contributed by atoms with Gasteiger partial charge in [-0.1, -0.05) is 34.6 Å². The molecule has 1 aliphatic heterocycles. The Morgan fingerprint density at radius 3 is 1.76 bits per heavy atom. The van der Waals surface area contributed by atoms with Crippen molar-refractivity contribution in [1.82, 2.24) is 4.90 Å². The first-order chi connectivity index (χ1) is 9.26. The lowest BCUT2D eigenvalue weighted by Crippen LogP contribution is -2.50. The van der Waals surface area contributed by atoms with Gasteiger partial charge in [-0.05, 0) is 25.7 Å². The summed E-state index contributed by atoms with van der Waals surface area (Å²) in [5.74, 6) is -0.355. The third-order valence-electron chi connectivity index (χ3n) is 3.80. The predicted octanol–water partition coefficient (Wildman–Crippen LogP) is 3.11. The summed E-state index contributed by atoms with van der Waals surface area (Å²) in [5.41, 5.74) is -1.27. The van der Waals surface area contributed by atoms with E-state index in [2.05, 4.69) is 0 Å². The Hall–Kier alpha value is -1.45. The smallest absolute Gasteiger partial charge is 0.254 e. The highest BCUT2D eigenvalue weighted by Gasteiger charge is 2.41. The number of carbonyl (C=O) groups excluding carboxylic acids is 3. The fourth-order valence-corrected chi connectivity index (χ4v) is 3.01. The molecule has 4 nitrogen and oxygen atoms in total. The maximum absolute atomic E-state index is 12.3. The molecule has 0 spiro atoms. The van der Waals surface area contributed by atoms with Crippen LogP contribution in [0.2, 0.25) is 0 Å². The summed E-state index contributed by atoms with van der Waals surface area (Å²) < 4.78 is 0. The van der Waals surface area contributed by atoms with E-state index in [9.17, 15) is 14.4 Å². The predicted molar refractivity (Wildman–Crippen MR) is 82.5 cm³/mol. The Morgan fingerprint density at radius 2 is 1.38 bits per heavy atom. The number of hydrogen-bond acceptors (Lipinski definition) is 3. The molecule has 1 rings (SSSR count). The van der Waals surface area contributed by atoms with Crippen molar-refractivity contribution >= 4 is 17.6 Å². The molecule has 0 aromatic carbocycles. The van der Waals surface area contributed by atoms with Gasteiger partial charge in [0.15, 0.2) is 0 Å². The van der Waals surface area contributed by atoms with Crippen molar-refractivity contribution in [2.75, 3.05) is 0 Å². The Kier molecular flexibility index (Phi) is 4.52. The Bertz CT molecular complexity index is 475. The molecule has 118 valence electrons. The summed E-state index contributed by atoms with van der Waals surface area (Å²) in [6.45, 7) is 13.5. The number of nitrogens with zero attached hydrogens (tertiary/aromatic N) is 1. The second-order valence-electron chi connectivity index (χ2n) is 8.35. The zero-order valence-corrected chi connectivity index (χ0v) is 14.2. The first kappa shape index (κ1) is 17.6. The number of rotatable bonds is 5. The van der Waals surface area contributed by atoms with Crippen molar-refractivity contribution in [2.45, 2.75) is 66.8 Å². The second-order valence-corrected chi connectivity index (χ2v) is 8.35. The topological polar surface area (TPSA) is 54.5 Å². The van der Waals surface area contributed by atoms with Gasteiger partial charge < -0.3 is 0 Å². The monoisotopic (exact) mass is 293 g/mol. The molecule has 1 heterocycles. The van der Waals surface area contributed by atoms with Gasteiger partial charge in [0.25, 0.3) is 11.8 Å². The average molecular weight is 293 g/mol. The van der Waals surface area contributed by atoms with Crippen LogP contribution in [-0.4, -0.2) is 28.0 Å². The van der Waals surface area contributed by atoms with Crippen molar-refractivity contribution in [3.63, 3.8) is 0 Å². The van der Waals surface area contributed by atoms with Crippen molar-refractivity contribution in [3.8, 4) is 0 Å². The largest absolute Gasteiger partial charge is 0.299 e. The SMILES string of the molecule is CC(C)(CC(=O)C(C)(C)C)CC(C)(C)N1C(=O)C=CC1=O. The molecule has 0 bridgehead atoms. The van der Waals surface area contributed by atoms with Crippen LogP contribution in [0.3, 0.4) is 0 Å². The van der Waals surface area contributed by atoms with Gasteiger partial charge in [0.1, 0.15) is 5.78 Å². The Balaban J connectivity index is 2.85. The Morgan fingerprint density at radius 1 is 0.952 bits per heavy atom. The first-order valence-electron chi connectivity index (χ1n) is 7.36. The standard InChI is InChI=1S/C17H27NO3/c1-15(2,3)12(19)10-16(4,5)11-17(6,7)18-13(20)8-9-14(18)21/h8-9H,10-11H2,1-7H3. The van der Waals surface area contributed by atoms with Crippen molar-refractivity contribution < 1.29 is 14.4 Å². The molecule has 0 aromatic heterocycles. The Labute approximate surface area is 127 Å². The average Bonchev–Trinajstić information content (AvgIpc) is 2.54. The quantitative estimate of drug-likeness (QED) is 0.732. The summed E-state index contributed by atoms with van der Waals surface area (Å²) in [6, 6.07) is 0. The summed E-state index contributed by atoms with van der Waals surface area (Å²) in [5, 5.41) is 0. The maximum Gasteiger partial charge on any atom is 0.254 e. The van der Waals surface area contributed by atoms with E-state index in [0.29, 0.717) is 12.8 Å². The molecule has 4 heteroatoms. The molecule has 0 radical (unpaired) electrons. The van der Waals surface area contributed by atoms with Crippen LogP contribution in [0.4, 0.5) is 0 Å².